The number of anilines is 1. The molecule has 9 heteroatoms. The molecule has 2 aliphatic rings. The zero-order chi connectivity index (χ0) is 19.8. The number of amides is 1. The largest absolute Gasteiger partial charge is 0.491 e. The van der Waals surface area contributed by atoms with E-state index in [-0.39, 0.29) is 12.8 Å². The zero-order valence-electron chi connectivity index (χ0n) is 15.9. The van der Waals surface area contributed by atoms with E-state index in [1.165, 1.54) is 0 Å². The van der Waals surface area contributed by atoms with E-state index in [9.17, 15) is 4.79 Å². The second-order valence-electron chi connectivity index (χ2n) is 7.42. The van der Waals surface area contributed by atoms with Crippen molar-refractivity contribution < 1.29 is 13.9 Å². The van der Waals surface area contributed by atoms with Gasteiger partial charge in [0.2, 0.25) is 0 Å². The molecule has 0 unspecified atom stereocenters. The minimum Gasteiger partial charge on any atom is -0.491 e. The second-order valence-corrected chi connectivity index (χ2v) is 7.42. The molecule has 1 fully saturated rings. The number of alkyl halides is 1. The minimum atomic E-state index is -1.88. The SMILES string of the molecule is O=C(N1CCOc2ccncc2C1)C1(F)CCN(c2ccnc3ccnn23)CC1. The fourth-order valence-electron chi connectivity index (χ4n) is 4.05. The number of pyridine rings is 1. The van der Waals surface area contributed by atoms with Crippen LogP contribution in [-0.4, -0.2) is 62.3 Å². The summed E-state index contributed by atoms with van der Waals surface area (Å²) in [5.74, 6) is 1.10. The average molecular weight is 396 g/mol. The van der Waals surface area contributed by atoms with Crippen molar-refractivity contribution in [3.05, 3.63) is 48.5 Å². The summed E-state index contributed by atoms with van der Waals surface area (Å²) in [6.45, 7) is 1.89. The lowest BCUT2D eigenvalue weighted by Crippen LogP contribution is -2.53. The highest BCUT2D eigenvalue weighted by Crippen LogP contribution is 2.33. The third-order valence-electron chi connectivity index (χ3n) is 5.66. The van der Waals surface area contributed by atoms with Crippen LogP contribution in [0.25, 0.3) is 5.65 Å². The number of aromatic nitrogens is 4. The molecular formula is C20H21FN6O2. The molecule has 2 aliphatic heterocycles. The summed E-state index contributed by atoms with van der Waals surface area (Å²) in [7, 11) is 0. The van der Waals surface area contributed by atoms with Gasteiger partial charge in [-0.2, -0.15) is 9.61 Å². The molecule has 0 saturated carbocycles. The monoisotopic (exact) mass is 396 g/mol. The smallest absolute Gasteiger partial charge is 0.260 e. The molecule has 29 heavy (non-hydrogen) atoms. The first-order valence-electron chi connectivity index (χ1n) is 9.72. The van der Waals surface area contributed by atoms with Crippen molar-refractivity contribution in [2.75, 3.05) is 31.1 Å². The lowest BCUT2D eigenvalue weighted by Gasteiger charge is -2.38. The van der Waals surface area contributed by atoms with Gasteiger partial charge in [-0.15, -0.1) is 0 Å². The predicted molar refractivity (Wildman–Crippen MR) is 103 cm³/mol. The molecule has 0 aliphatic carbocycles. The quantitative estimate of drug-likeness (QED) is 0.658. The van der Waals surface area contributed by atoms with E-state index in [0.717, 1.165) is 17.0 Å². The molecule has 0 aromatic carbocycles. The van der Waals surface area contributed by atoms with E-state index in [1.54, 1.807) is 40.3 Å². The van der Waals surface area contributed by atoms with Crippen LogP contribution in [0.15, 0.2) is 43.0 Å². The molecule has 3 aromatic heterocycles. The molecule has 150 valence electrons. The minimum absolute atomic E-state index is 0.133. The maximum absolute atomic E-state index is 15.7. The van der Waals surface area contributed by atoms with Gasteiger partial charge in [0.1, 0.15) is 18.2 Å². The molecule has 5 heterocycles. The van der Waals surface area contributed by atoms with Crippen LogP contribution in [0.5, 0.6) is 5.75 Å². The van der Waals surface area contributed by atoms with Gasteiger partial charge in [0, 0.05) is 56.2 Å². The zero-order valence-corrected chi connectivity index (χ0v) is 15.9. The number of ether oxygens (including phenoxy) is 1. The van der Waals surface area contributed by atoms with Gasteiger partial charge in [0.05, 0.1) is 19.3 Å². The number of carbonyl (C=O) groups excluding carboxylic acids is 1. The number of halogens is 1. The number of rotatable bonds is 2. The number of piperidine rings is 1. The summed E-state index contributed by atoms with van der Waals surface area (Å²) < 4.78 is 23.1. The maximum atomic E-state index is 15.7. The molecule has 3 aromatic rings. The van der Waals surface area contributed by atoms with Crippen molar-refractivity contribution in [2.24, 2.45) is 0 Å². The van der Waals surface area contributed by atoms with Gasteiger partial charge in [-0.25, -0.2) is 9.37 Å². The fraction of sp³-hybridized carbons (Fsp3) is 0.400. The first kappa shape index (κ1) is 17.8. The third-order valence-corrected chi connectivity index (χ3v) is 5.66. The Bertz CT molecular complexity index is 1050. The second kappa shape index (κ2) is 6.98. The Morgan fingerprint density at radius 2 is 1.97 bits per heavy atom. The lowest BCUT2D eigenvalue weighted by molar-refractivity contribution is -0.146. The Morgan fingerprint density at radius 1 is 1.10 bits per heavy atom. The van der Waals surface area contributed by atoms with Crippen LogP contribution in [0.2, 0.25) is 0 Å². The van der Waals surface area contributed by atoms with Gasteiger partial charge < -0.3 is 14.5 Å². The van der Waals surface area contributed by atoms with Crippen LogP contribution in [0, 0.1) is 0 Å². The maximum Gasteiger partial charge on any atom is 0.260 e. The van der Waals surface area contributed by atoms with E-state index in [1.807, 2.05) is 12.1 Å². The Hall–Kier alpha value is -3.23. The molecule has 0 bridgehead atoms. The van der Waals surface area contributed by atoms with Crippen molar-refractivity contribution in [3.63, 3.8) is 0 Å². The normalized spacial score (nSPS) is 18.8. The highest BCUT2D eigenvalue weighted by Gasteiger charge is 2.45. The van der Waals surface area contributed by atoms with E-state index in [0.29, 0.717) is 38.5 Å². The van der Waals surface area contributed by atoms with Crippen molar-refractivity contribution in [3.8, 4) is 5.75 Å². The summed E-state index contributed by atoms with van der Waals surface area (Å²) in [4.78, 5) is 25.1. The Morgan fingerprint density at radius 3 is 2.83 bits per heavy atom. The molecule has 0 radical (unpaired) electrons. The molecule has 0 spiro atoms. The molecule has 1 amide bonds. The average Bonchev–Trinajstić information content (AvgIpc) is 3.13. The standard InChI is InChI=1S/C20H21FN6O2/c21-20(19(28)26-11-12-29-16-1-6-22-13-15(16)14-26)4-9-25(10-5-20)18-3-7-23-17-2-8-24-27(17)18/h1-3,6-8,13H,4-5,9-12,14H2. The van der Waals surface area contributed by atoms with Crippen LogP contribution >= 0.6 is 0 Å². The summed E-state index contributed by atoms with van der Waals surface area (Å²) in [5.41, 5.74) is -0.329. The molecule has 1 saturated heterocycles. The van der Waals surface area contributed by atoms with Crippen LogP contribution in [-0.2, 0) is 11.3 Å². The number of nitrogens with zero attached hydrogens (tertiary/aromatic N) is 6. The van der Waals surface area contributed by atoms with Crippen molar-refractivity contribution in [2.45, 2.75) is 25.1 Å². The van der Waals surface area contributed by atoms with Crippen LogP contribution in [0.1, 0.15) is 18.4 Å². The number of hydrogen-bond donors (Lipinski definition) is 0. The topological polar surface area (TPSA) is 75.9 Å². The van der Waals surface area contributed by atoms with E-state index < -0.39 is 11.6 Å². The molecule has 0 atom stereocenters. The van der Waals surface area contributed by atoms with Crippen molar-refractivity contribution >= 4 is 17.4 Å². The van der Waals surface area contributed by atoms with Gasteiger partial charge >= 0.3 is 0 Å². The van der Waals surface area contributed by atoms with Crippen LogP contribution in [0.3, 0.4) is 0 Å². The highest BCUT2D eigenvalue weighted by atomic mass is 19.1. The predicted octanol–water partition coefficient (Wildman–Crippen LogP) is 1.85. The van der Waals surface area contributed by atoms with Gasteiger partial charge in [-0.3, -0.25) is 9.78 Å². The molecule has 5 rings (SSSR count). The van der Waals surface area contributed by atoms with Crippen molar-refractivity contribution in [1.82, 2.24) is 24.5 Å². The summed E-state index contributed by atoms with van der Waals surface area (Å²) in [6, 6.07) is 5.46. The van der Waals surface area contributed by atoms with Gasteiger partial charge in [-0.1, -0.05) is 0 Å². The third kappa shape index (κ3) is 3.16. The lowest BCUT2D eigenvalue weighted by atomic mass is 9.91. The van der Waals surface area contributed by atoms with Gasteiger partial charge in [-0.05, 0) is 12.1 Å². The first-order valence-corrected chi connectivity index (χ1v) is 9.72. The first-order chi connectivity index (χ1) is 14.1. The van der Waals surface area contributed by atoms with Gasteiger partial charge in [0.15, 0.2) is 11.3 Å². The van der Waals surface area contributed by atoms with Gasteiger partial charge in [0.25, 0.3) is 5.91 Å². The molecule has 0 N–H and O–H groups in total. The fourth-order valence-corrected chi connectivity index (χ4v) is 4.05. The van der Waals surface area contributed by atoms with Crippen molar-refractivity contribution in [1.29, 1.82) is 0 Å². The summed E-state index contributed by atoms with van der Waals surface area (Å²) in [6.07, 6.45) is 7.00. The molecular weight excluding hydrogens is 375 g/mol. The number of carbonyl (C=O) groups is 1. The Kier molecular flexibility index (Phi) is 4.30. The van der Waals surface area contributed by atoms with E-state index in [2.05, 4.69) is 20.0 Å². The Balaban J connectivity index is 1.31. The highest BCUT2D eigenvalue weighted by molar-refractivity contribution is 5.85. The number of hydrogen-bond acceptors (Lipinski definition) is 6. The summed E-state index contributed by atoms with van der Waals surface area (Å²) in [5, 5.41) is 4.29. The molecule has 8 nitrogen and oxygen atoms in total. The van der Waals surface area contributed by atoms with Crippen LogP contribution < -0.4 is 9.64 Å². The van der Waals surface area contributed by atoms with E-state index in [4.69, 9.17) is 4.74 Å². The Labute approximate surface area is 166 Å². The van der Waals surface area contributed by atoms with E-state index >= 15 is 4.39 Å². The van der Waals surface area contributed by atoms with Crippen LogP contribution in [0.4, 0.5) is 10.2 Å². The summed E-state index contributed by atoms with van der Waals surface area (Å²) >= 11 is 0. The number of fused-ring (bicyclic) bond motifs is 2.